The number of rotatable bonds is 8. The number of carbonyl (C=O) groups is 3. The molecule has 0 aliphatic heterocycles. The summed E-state index contributed by atoms with van der Waals surface area (Å²) in [4.78, 5) is 38.3. The summed E-state index contributed by atoms with van der Waals surface area (Å²) in [5, 5.41) is 19.8. The molecule has 0 saturated heterocycles. The second kappa shape index (κ2) is 13.9. The Balaban J connectivity index is 0.000000616. The van der Waals surface area contributed by atoms with Gasteiger partial charge >= 0.3 is 12.1 Å². The largest absolute Gasteiger partial charge is 0.490 e. The van der Waals surface area contributed by atoms with Gasteiger partial charge < -0.3 is 20.3 Å². The Labute approximate surface area is 233 Å². The van der Waals surface area contributed by atoms with Crippen LogP contribution in [0.2, 0.25) is 0 Å². The highest BCUT2D eigenvalue weighted by Crippen LogP contribution is 2.22. The molecule has 0 bridgehead atoms. The fraction of sp³-hybridized carbons (Fsp3) is 0.154. The number of amides is 2. The van der Waals surface area contributed by atoms with Crippen molar-refractivity contribution in [2.24, 2.45) is 0 Å². The number of hydrogen-bond donors (Lipinski definition) is 3. The van der Waals surface area contributed by atoms with E-state index in [-0.39, 0.29) is 28.6 Å². The van der Waals surface area contributed by atoms with Crippen LogP contribution in [0.3, 0.4) is 0 Å². The molecule has 0 aliphatic rings. The predicted octanol–water partition coefficient (Wildman–Crippen LogP) is 5.10. The highest BCUT2D eigenvalue weighted by atomic mass is 19.4. The van der Waals surface area contributed by atoms with Crippen LogP contribution in [0.15, 0.2) is 73.1 Å². The second-order valence-corrected chi connectivity index (χ2v) is 8.20. The van der Waals surface area contributed by atoms with Crippen LogP contribution in [0.25, 0.3) is 11.5 Å². The number of anilines is 2. The van der Waals surface area contributed by atoms with Crippen LogP contribution in [-0.4, -0.2) is 62.2 Å². The zero-order valence-electron chi connectivity index (χ0n) is 21.1. The van der Waals surface area contributed by atoms with E-state index in [2.05, 4.69) is 25.8 Å². The first-order valence-corrected chi connectivity index (χ1v) is 11.7. The number of nitrogens with zero attached hydrogens (tertiary/aromatic N) is 4. The summed E-state index contributed by atoms with van der Waals surface area (Å²) in [6.45, 7) is -1.93. The molecule has 0 fully saturated rings. The predicted molar refractivity (Wildman–Crippen MR) is 137 cm³/mol. The van der Waals surface area contributed by atoms with Gasteiger partial charge in [0.1, 0.15) is 37.0 Å². The third-order valence-corrected chi connectivity index (χ3v) is 5.29. The molecule has 2 heterocycles. The van der Waals surface area contributed by atoms with Crippen LogP contribution in [0.4, 0.5) is 37.8 Å². The van der Waals surface area contributed by atoms with Gasteiger partial charge in [-0.25, -0.2) is 22.9 Å². The smallest absolute Gasteiger partial charge is 0.475 e. The lowest BCUT2D eigenvalue weighted by molar-refractivity contribution is -0.192. The molecule has 220 valence electrons. The molecule has 0 unspecified atom stereocenters. The zero-order valence-corrected chi connectivity index (χ0v) is 21.1. The summed E-state index contributed by atoms with van der Waals surface area (Å²) >= 11 is 0. The van der Waals surface area contributed by atoms with Crippen LogP contribution in [0.1, 0.15) is 26.8 Å². The van der Waals surface area contributed by atoms with E-state index in [1.807, 2.05) is 0 Å². The Bertz CT molecular complexity index is 1540. The third-order valence-electron chi connectivity index (χ3n) is 5.29. The summed E-state index contributed by atoms with van der Waals surface area (Å²) in [5.41, 5.74) is 0.515. The number of carboxylic acid groups (broad SMARTS) is 1. The summed E-state index contributed by atoms with van der Waals surface area (Å²) in [7, 11) is 0. The molecule has 0 saturated carbocycles. The molecule has 4 aromatic rings. The van der Waals surface area contributed by atoms with E-state index < -0.39 is 49.2 Å². The Morgan fingerprint density at radius 1 is 0.905 bits per heavy atom. The van der Waals surface area contributed by atoms with Crippen LogP contribution in [-0.2, 0) is 4.79 Å². The molecular weight excluding hydrogens is 574 g/mol. The van der Waals surface area contributed by atoms with E-state index in [1.165, 1.54) is 35.2 Å². The van der Waals surface area contributed by atoms with E-state index in [9.17, 15) is 35.9 Å². The molecule has 2 amide bonds. The zero-order chi connectivity index (χ0) is 30.9. The first kappa shape index (κ1) is 31.3. The maximum atomic E-state index is 14.4. The molecule has 2 aromatic heterocycles. The number of alkyl halides is 5. The van der Waals surface area contributed by atoms with Gasteiger partial charge in [0.25, 0.3) is 11.8 Å². The lowest BCUT2D eigenvalue weighted by atomic mass is 10.1. The Morgan fingerprint density at radius 3 is 2.19 bits per heavy atom. The SMILES string of the molecule is O=C(Nc1ccc(F)c(C(=O)Nc2cccc(-c3nncn3C(CF)CF)n2)c1)c1ccccc1.O=C(O)C(F)(F)F. The van der Waals surface area contributed by atoms with Gasteiger partial charge in [-0.1, -0.05) is 24.3 Å². The summed E-state index contributed by atoms with van der Waals surface area (Å²) in [5.74, 6) is -4.62. The maximum Gasteiger partial charge on any atom is 0.490 e. The second-order valence-electron chi connectivity index (χ2n) is 8.20. The molecule has 0 spiro atoms. The van der Waals surface area contributed by atoms with Crippen LogP contribution >= 0.6 is 0 Å². The maximum absolute atomic E-state index is 14.4. The third kappa shape index (κ3) is 8.12. The molecule has 0 radical (unpaired) electrons. The highest BCUT2D eigenvalue weighted by molar-refractivity contribution is 6.07. The van der Waals surface area contributed by atoms with Crippen molar-refractivity contribution in [2.45, 2.75) is 12.2 Å². The van der Waals surface area contributed by atoms with Crippen molar-refractivity contribution >= 4 is 29.3 Å². The number of aromatic nitrogens is 4. The lowest BCUT2D eigenvalue weighted by Gasteiger charge is -2.13. The summed E-state index contributed by atoms with van der Waals surface area (Å²) in [6.07, 6.45) is -3.89. The van der Waals surface area contributed by atoms with E-state index >= 15 is 0 Å². The average molecular weight is 594 g/mol. The quantitative estimate of drug-likeness (QED) is 0.241. The molecule has 0 aliphatic carbocycles. The van der Waals surface area contributed by atoms with Gasteiger partial charge in [0.05, 0.1) is 11.6 Å². The number of hydrogen-bond acceptors (Lipinski definition) is 6. The minimum absolute atomic E-state index is 0.0530. The number of halogens is 6. The van der Waals surface area contributed by atoms with Crippen LogP contribution in [0.5, 0.6) is 0 Å². The van der Waals surface area contributed by atoms with Gasteiger partial charge in [-0.3, -0.25) is 9.59 Å². The van der Waals surface area contributed by atoms with Crippen LogP contribution < -0.4 is 10.6 Å². The molecular formula is C26H20F6N6O4. The van der Waals surface area contributed by atoms with E-state index in [1.54, 1.807) is 36.4 Å². The summed E-state index contributed by atoms with van der Waals surface area (Å²) in [6, 6.07) is 15.5. The normalized spacial score (nSPS) is 10.9. The van der Waals surface area contributed by atoms with E-state index in [4.69, 9.17) is 9.90 Å². The Hall–Kier alpha value is -5.28. The van der Waals surface area contributed by atoms with Crippen molar-refractivity contribution in [1.82, 2.24) is 19.7 Å². The Kier molecular flexibility index (Phi) is 10.3. The van der Waals surface area contributed by atoms with E-state index in [0.717, 1.165) is 6.07 Å². The lowest BCUT2D eigenvalue weighted by Crippen LogP contribution is -2.21. The van der Waals surface area contributed by atoms with Gasteiger partial charge in [-0.2, -0.15) is 13.2 Å². The minimum Gasteiger partial charge on any atom is -0.475 e. The van der Waals surface area contributed by atoms with Crippen molar-refractivity contribution in [3.05, 3.63) is 90.0 Å². The number of aliphatic carboxylic acids is 1. The van der Waals surface area contributed by atoms with Crippen molar-refractivity contribution in [3.8, 4) is 11.5 Å². The van der Waals surface area contributed by atoms with Gasteiger partial charge in [0, 0.05) is 11.3 Å². The average Bonchev–Trinajstić information content (AvgIpc) is 3.45. The fourth-order valence-corrected chi connectivity index (χ4v) is 3.27. The molecule has 10 nitrogen and oxygen atoms in total. The van der Waals surface area contributed by atoms with E-state index in [0.29, 0.717) is 5.56 Å². The molecule has 16 heteroatoms. The summed E-state index contributed by atoms with van der Waals surface area (Å²) < 4.78 is 73.7. The molecule has 42 heavy (non-hydrogen) atoms. The monoisotopic (exact) mass is 594 g/mol. The highest BCUT2D eigenvalue weighted by Gasteiger charge is 2.38. The number of carboxylic acids is 1. The van der Waals surface area contributed by atoms with Gasteiger partial charge in [-0.15, -0.1) is 10.2 Å². The first-order valence-electron chi connectivity index (χ1n) is 11.7. The molecule has 2 aromatic carbocycles. The number of carbonyl (C=O) groups excluding carboxylic acids is 2. The first-order chi connectivity index (χ1) is 19.9. The Morgan fingerprint density at radius 2 is 1.57 bits per heavy atom. The number of pyridine rings is 1. The standard InChI is InChI=1S/C24H19F3N6O2.C2HF3O2/c25-12-17(13-26)33-14-28-32-22(33)20-7-4-8-21(30-20)31-24(35)18-11-16(9-10-19(18)27)29-23(34)15-5-2-1-3-6-15;3-2(4,5)1(6)7/h1-11,14,17H,12-13H2,(H,29,34)(H,30,31,35);(H,6,7). The van der Waals surface area contributed by atoms with Gasteiger partial charge in [0.15, 0.2) is 5.82 Å². The molecule has 3 N–H and O–H groups in total. The van der Waals surface area contributed by atoms with Crippen molar-refractivity contribution in [3.63, 3.8) is 0 Å². The fourth-order valence-electron chi connectivity index (χ4n) is 3.27. The van der Waals surface area contributed by atoms with Gasteiger partial charge in [-0.05, 0) is 42.5 Å². The number of benzene rings is 2. The van der Waals surface area contributed by atoms with Crippen LogP contribution in [0, 0.1) is 5.82 Å². The van der Waals surface area contributed by atoms with Crippen molar-refractivity contribution in [2.75, 3.05) is 24.0 Å². The van der Waals surface area contributed by atoms with Gasteiger partial charge in [0.2, 0.25) is 0 Å². The molecule has 0 atom stereocenters. The minimum atomic E-state index is -5.08. The number of nitrogens with one attached hydrogen (secondary N) is 2. The molecule has 4 rings (SSSR count). The van der Waals surface area contributed by atoms with Crippen molar-refractivity contribution in [1.29, 1.82) is 0 Å². The topological polar surface area (TPSA) is 139 Å². The van der Waals surface area contributed by atoms with Crippen molar-refractivity contribution < 1.29 is 45.8 Å².